The van der Waals surface area contributed by atoms with Gasteiger partial charge in [-0.25, -0.2) is 4.98 Å². The van der Waals surface area contributed by atoms with Crippen LogP contribution < -0.4 is 10.2 Å². The van der Waals surface area contributed by atoms with Crippen LogP contribution in [0.15, 0.2) is 54.7 Å². The predicted molar refractivity (Wildman–Crippen MR) is 158 cm³/mol. The Morgan fingerprint density at radius 1 is 0.950 bits per heavy atom. The lowest BCUT2D eigenvalue weighted by Gasteiger charge is -2.27. The SMILES string of the molecule is CCC(=O)c1ccc(Nc2cc(-c3ccc4cnn(CCCN5CCCC5)c4c3)nc(N3CCOCC3)n2)cc1. The Kier molecular flexibility index (Phi) is 8.02. The summed E-state index contributed by atoms with van der Waals surface area (Å²) in [7, 11) is 0. The third-order valence-electron chi connectivity index (χ3n) is 7.79. The number of ether oxygens (including phenoxy) is 1. The van der Waals surface area contributed by atoms with Crippen LogP contribution in [0.1, 0.15) is 43.0 Å². The van der Waals surface area contributed by atoms with E-state index in [1.807, 2.05) is 43.5 Å². The quantitative estimate of drug-likeness (QED) is 0.277. The Labute approximate surface area is 235 Å². The Balaban J connectivity index is 1.28. The number of carbonyl (C=O) groups excluding carboxylic acids is 1. The number of ketones is 1. The summed E-state index contributed by atoms with van der Waals surface area (Å²) in [5.41, 5.74) is 4.59. The van der Waals surface area contributed by atoms with Crippen LogP contribution in [-0.2, 0) is 11.3 Å². The highest BCUT2D eigenvalue weighted by Crippen LogP contribution is 2.28. The first kappa shape index (κ1) is 26.4. The molecule has 0 unspecified atom stereocenters. The van der Waals surface area contributed by atoms with Crippen molar-refractivity contribution in [3.05, 3.63) is 60.3 Å². The predicted octanol–water partition coefficient (Wildman–Crippen LogP) is 5.15. The van der Waals surface area contributed by atoms with Gasteiger partial charge in [-0.15, -0.1) is 0 Å². The molecule has 2 aliphatic heterocycles. The van der Waals surface area contributed by atoms with Crippen LogP contribution in [0.3, 0.4) is 0 Å². The topological polar surface area (TPSA) is 88.4 Å². The van der Waals surface area contributed by atoms with Crippen LogP contribution in [-0.4, -0.2) is 76.4 Å². The molecule has 0 radical (unpaired) electrons. The maximum atomic E-state index is 12.1. The van der Waals surface area contributed by atoms with E-state index in [0.29, 0.717) is 31.4 Å². The van der Waals surface area contributed by atoms with E-state index in [-0.39, 0.29) is 5.78 Å². The molecule has 2 saturated heterocycles. The lowest BCUT2D eigenvalue weighted by Crippen LogP contribution is -2.37. The lowest BCUT2D eigenvalue weighted by atomic mass is 10.1. The number of nitrogens with one attached hydrogen (secondary N) is 1. The van der Waals surface area contributed by atoms with Crippen molar-refractivity contribution in [3.8, 4) is 11.3 Å². The summed E-state index contributed by atoms with van der Waals surface area (Å²) in [5.74, 6) is 1.52. The fourth-order valence-corrected chi connectivity index (χ4v) is 5.50. The fraction of sp³-hybridized carbons (Fsp3) is 0.419. The van der Waals surface area contributed by atoms with Crippen LogP contribution in [0, 0.1) is 0 Å². The molecule has 0 amide bonds. The summed E-state index contributed by atoms with van der Waals surface area (Å²) in [6.07, 6.45) is 6.17. The maximum Gasteiger partial charge on any atom is 0.228 e. The number of morpholine rings is 1. The number of Topliss-reactive ketones (excluding diaryl/α,β-unsaturated/α-hetero) is 1. The minimum Gasteiger partial charge on any atom is -0.378 e. The standard InChI is InChI=1S/C31H37N7O2/c1-2-29(39)23-8-10-26(11-9-23)33-30-21-27(34-31(35-30)37-16-18-40-19-17-37)24-6-7-25-22-32-38(28(25)20-24)15-5-14-36-12-3-4-13-36/h6-11,20-22H,2-5,12-19H2,1H3,(H,33,34,35). The molecule has 2 aliphatic rings. The molecular formula is C31H37N7O2. The summed E-state index contributed by atoms with van der Waals surface area (Å²) in [6.45, 7) is 9.16. The van der Waals surface area contributed by atoms with Crippen molar-refractivity contribution in [1.82, 2.24) is 24.6 Å². The van der Waals surface area contributed by atoms with Crippen molar-refractivity contribution in [2.45, 2.75) is 39.2 Å². The zero-order valence-corrected chi connectivity index (χ0v) is 23.2. The van der Waals surface area contributed by atoms with Gasteiger partial charge in [-0.05, 0) is 69.2 Å². The van der Waals surface area contributed by atoms with Gasteiger partial charge in [0.15, 0.2) is 5.78 Å². The Morgan fingerprint density at radius 2 is 1.75 bits per heavy atom. The van der Waals surface area contributed by atoms with Gasteiger partial charge in [0.25, 0.3) is 0 Å². The van der Waals surface area contributed by atoms with Gasteiger partial charge in [0.2, 0.25) is 5.95 Å². The molecule has 0 aliphatic carbocycles. The molecule has 1 N–H and O–H groups in total. The molecular weight excluding hydrogens is 502 g/mol. The lowest BCUT2D eigenvalue weighted by molar-refractivity contribution is 0.0988. The molecule has 0 bridgehead atoms. The number of nitrogens with zero attached hydrogens (tertiary/aromatic N) is 6. The number of carbonyl (C=O) groups is 1. The maximum absolute atomic E-state index is 12.1. The molecule has 0 saturated carbocycles. The van der Waals surface area contributed by atoms with E-state index in [0.717, 1.165) is 66.0 Å². The highest BCUT2D eigenvalue weighted by atomic mass is 16.5. The van der Waals surface area contributed by atoms with Gasteiger partial charge < -0.3 is 19.9 Å². The summed E-state index contributed by atoms with van der Waals surface area (Å²) in [4.78, 5) is 26.6. The second-order valence-corrected chi connectivity index (χ2v) is 10.6. The smallest absolute Gasteiger partial charge is 0.228 e. The van der Waals surface area contributed by atoms with Crippen molar-refractivity contribution < 1.29 is 9.53 Å². The molecule has 4 aromatic rings. The van der Waals surface area contributed by atoms with E-state index in [9.17, 15) is 4.79 Å². The molecule has 9 nitrogen and oxygen atoms in total. The summed E-state index contributed by atoms with van der Waals surface area (Å²) in [5, 5.41) is 9.26. The molecule has 208 valence electrons. The number of rotatable bonds is 10. The number of hydrogen-bond acceptors (Lipinski definition) is 8. The van der Waals surface area contributed by atoms with E-state index >= 15 is 0 Å². The van der Waals surface area contributed by atoms with Gasteiger partial charge in [0, 0.05) is 54.3 Å². The number of fused-ring (bicyclic) bond motifs is 1. The van der Waals surface area contributed by atoms with Gasteiger partial charge in [-0.3, -0.25) is 9.48 Å². The molecule has 2 aromatic heterocycles. The van der Waals surface area contributed by atoms with Crippen molar-refractivity contribution in [2.24, 2.45) is 0 Å². The van der Waals surface area contributed by atoms with Gasteiger partial charge in [-0.1, -0.05) is 19.1 Å². The third kappa shape index (κ3) is 6.00. The number of benzene rings is 2. The minimum absolute atomic E-state index is 0.135. The summed E-state index contributed by atoms with van der Waals surface area (Å²) >= 11 is 0. The van der Waals surface area contributed by atoms with E-state index in [1.165, 1.54) is 25.9 Å². The zero-order valence-electron chi connectivity index (χ0n) is 23.2. The average Bonchev–Trinajstić information content (AvgIpc) is 3.67. The monoisotopic (exact) mass is 539 g/mol. The number of likely N-dealkylation sites (tertiary alicyclic amines) is 1. The Morgan fingerprint density at radius 3 is 2.52 bits per heavy atom. The van der Waals surface area contributed by atoms with Crippen LogP contribution in [0.4, 0.5) is 17.5 Å². The molecule has 0 spiro atoms. The third-order valence-corrected chi connectivity index (χ3v) is 7.79. The Bertz CT molecular complexity index is 1450. The fourth-order valence-electron chi connectivity index (χ4n) is 5.50. The molecule has 40 heavy (non-hydrogen) atoms. The normalized spacial score (nSPS) is 16.1. The zero-order chi connectivity index (χ0) is 27.3. The highest BCUT2D eigenvalue weighted by Gasteiger charge is 2.18. The van der Waals surface area contributed by atoms with Gasteiger partial charge in [0.05, 0.1) is 30.6 Å². The number of aryl methyl sites for hydroxylation is 1. The number of hydrogen-bond donors (Lipinski definition) is 1. The number of aromatic nitrogens is 4. The van der Waals surface area contributed by atoms with Crippen LogP contribution >= 0.6 is 0 Å². The number of anilines is 3. The average molecular weight is 540 g/mol. The van der Waals surface area contributed by atoms with Crippen molar-refractivity contribution in [3.63, 3.8) is 0 Å². The van der Waals surface area contributed by atoms with Crippen molar-refractivity contribution in [1.29, 1.82) is 0 Å². The van der Waals surface area contributed by atoms with E-state index in [4.69, 9.17) is 19.8 Å². The first-order valence-corrected chi connectivity index (χ1v) is 14.5. The largest absolute Gasteiger partial charge is 0.378 e. The minimum atomic E-state index is 0.135. The summed E-state index contributed by atoms with van der Waals surface area (Å²) < 4.78 is 7.69. The van der Waals surface area contributed by atoms with Gasteiger partial charge in [0.1, 0.15) is 5.82 Å². The molecule has 2 aromatic carbocycles. The van der Waals surface area contributed by atoms with E-state index in [2.05, 4.69) is 38.0 Å². The van der Waals surface area contributed by atoms with Crippen LogP contribution in [0.25, 0.3) is 22.2 Å². The van der Waals surface area contributed by atoms with E-state index in [1.54, 1.807) is 0 Å². The first-order chi connectivity index (χ1) is 19.7. The second-order valence-electron chi connectivity index (χ2n) is 10.6. The van der Waals surface area contributed by atoms with Crippen molar-refractivity contribution in [2.75, 3.05) is 56.2 Å². The van der Waals surface area contributed by atoms with Gasteiger partial charge >= 0.3 is 0 Å². The molecule has 9 heteroatoms. The van der Waals surface area contributed by atoms with Crippen LogP contribution in [0.5, 0.6) is 0 Å². The van der Waals surface area contributed by atoms with E-state index < -0.39 is 0 Å². The summed E-state index contributed by atoms with van der Waals surface area (Å²) in [6, 6.07) is 16.0. The van der Waals surface area contributed by atoms with Crippen LogP contribution in [0.2, 0.25) is 0 Å². The first-order valence-electron chi connectivity index (χ1n) is 14.5. The molecule has 2 fully saturated rings. The molecule has 0 atom stereocenters. The Hall–Kier alpha value is -3.82. The molecule has 4 heterocycles. The highest BCUT2D eigenvalue weighted by molar-refractivity contribution is 5.96. The van der Waals surface area contributed by atoms with Crippen molar-refractivity contribution >= 4 is 34.1 Å². The second kappa shape index (κ2) is 12.1. The van der Waals surface area contributed by atoms with Gasteiger partial charge in [-0.2, -0.15) is 10.1 Å². The molecule has 6 rings (SSSR count).